The lowest BCUT2D eigenvalue weighted by atomic mass is 9.83. The van der Waals surface area contributed by atoms with Crippen LogP contribution >= 0.6 is 0 Å². The first-order chi connectivity index (χ1) is 9.00. The van der Waals surface area contributed by atoms with Gasteiger partial charge in [0.15, 0.2) is 0 Å². The molecule has 0 radical (unpaired) electrons. The minimum atomic E-state index is -0.501. The van der Waals surface area contributed by atoms with E-state index in [1.807, 2.05) is 38.1 Å². The van der Waals surface area contributed by atoms with Gasteiger partial charge in [0.25, 0.3) is 0 Å². The summed E-state index contributed by atoms with van der Waals surface area (Å²) in [6, 6.07) is 9.11. The van der Waals surface area contributed by atoms with Crippen LogP contribution in [0.4, 0.5) is 0 Å². The van der Waals surface area contributed by atoms with Crippen molar-refractivity contribution in [2.24, 2.45) is 5.92 Å². The van der Waals surface area contributed by atoms with Crippen LogP contribution in [-0.4, -0.2) is 11.6 Å². The fourth-order valence-corrected chi connectivity index (χ4v) is 2.28. The van der Waals surface area contributed by atoms with Crippen molar-refractivity contribution in [2.45, 2.75) is 32.3 Å². The number of esters is 1. The van der Waals surface area contributed by atoms with Crippen molar-refractivity contribution in [1.82, 2.24) is 0 Å². The van der Waals surface area contributed by atoms with Gasteiger partial charge >= 0.3 is 5.97 Å². The first-order valence-electron chi connectivity index (χ1n) is 6.63. The van der Waals surface area contributed by atoms with Gasteiger partial charge in [0, 0.05) is 0 Å². The normalized spacial score (nSPS) is 25.9. The molecule has 1 aliphatic rings. The lowest BCUT2D eigenvalue weighted by Gasteiger charge is -2.32. The Bertz CT molecular complexity index is 501. The first kappa shape index (κ1) is 13.6. The Morgan fingerprint density at radius 2 is 2.05 bits per heavy atom. The minimum absolute atomic E-state index is 0.262. The maximum Gasteiger partial charge on any atom is 0.338 e. The highest BCUT2D eigenvalue weighted by Crippen LogP contribution is 2.32. The molecule has 0 heterocycles. The smallest absolute Gasteiger partial charge is 0.338 e. The summed E-state index contributed by atoms with van der Waals surface area (Å²) >= 11 is 0. The number of hydrogen-bond donors (Lipinski definition) is 0. The van der Waals surface area contributed by atoms with E-state index in [0.717, 1.165) is 18.4 Å². The molecule has 2 atom stereocenters. The molecule has 0 aliphatic heterocycles. The van der Waals surface area contributed by atoms with E-state index in [0.29, 0.717) is 11.5 Å². The number of carbonyl (C=O) groups excluding carboxylic acids is 1. The lowest BCUT2D eigenvalue weighted by Crippen LogP contribution is -2.32. The summed E-state index contributed by atoms with van der Waals surface area (Å²) in [4.78, 5) is 12.1. The zero-order valence-corrected chi connectivity index (χ0v) is 11.6. The van der Waals surface area contributed by atoms with Crippen molar-refractivity contribution >= 4 is 5.97 Å². The Morgan fingerprint density at radius 3 is 2.58 bits per heavy atom. The number of benzene rings is 1. The third kappa shape index (κ3) is 3.34. The molecule has 0 aromatic heterocycles. The van der Waals surface area contributed by atoms with Crippen LogP contribution in [0.1, 0.15) is 37.0 Å². The lowest BCUT2D eigenvalue weighted by molar-refractivity contribution is 0.00442. The highest BCUT2D eigenvalue weighted by atomic mass is 16.6. The van der Waals surface area contributed by atoms with Gasteiger partial charge in [0.1, 0.15) is 5.60 Å². The molecule has 1 aromatic carbocycles. The number of carbonyl (C=O) groups is 1. The minimum Gasteiger partial charge on any atom is -0.452 e. The monoisotopic (exact) mass is 256 g/mol. The van der Waals surface area contributed by atoms with E-state index in [1.165, 1.54) is 0 Å². The van der Waals surface area contributed by atoms with Gasteiger partial charge in [-0.15, -0.1) is 0 Å². The summed E-state index contributed by atoms with van der Waals surface area (Å²) in [5.74, 6) is 0.144. The first-order valence-corrected chi connectivity index (χ1v) is 6.63. The van der Waals surface area contributed by atoms with Gasteiger partial charge in [-0.1, -0.05) is 36.4 Å². The molecule has 2 heteroatoms. The Labute approximate surface area is 114 Å². The molecule has 0 spiro atoms. The quantitative estimate of drug-likeness (QED) is 0.600. The maximum absolute atomic E-state index is 12.1. The molecular weight excluding hydrogens is 236 g/mol. The van der Waals surface area contributed by atoms with E-state index in [-0.39, 0.29) is 5.97 Å². The number of ether oxygens (including phenoxy) is 1. The predicted molar refractivity (Wildman–Crippen MR) is 76.9 cm³/mol. The van der Waals surface area contributed by atoms with Gasteiger partial charge < -0.3 is 4.74 Å². The van der Waals surface area contributed by atoms with Crippen LogP contribution in [0.5, 0.6) is 0 Å². The van der Waals surface area contributed by atoms with E-state index in [9.17, 15) is 4.79 Å². The highest BCUT2D eigenvalue weighted by Gasteiger charge is 2.30. The van der Waals surface area contributed by atoms with Crippen molar-refractivity contribution in [2.75, 3.05) is 0 Å². The Balaban J connectivity index is 2.05. The zero-order valence-electron chi connectivity index (χ0n) is 11.6. The second kappa shape index (κ2) is 5.43. The Hall–Kier alpha value is -1.83. The number of hydrogen-bond acceptors (Lipinski definition) is 2. The van der Waals surface area contributed by atoms with Crippen LogP contribution < -0.4 is 0 Å². The van der Waals surface area contributed by atoms with Crippen molar-refractivity contribution < 1.29 is 9.53 Å². The van der Waals surface area contributed by atoms with E-state index in [2.05, 4.69) is 12.7 Å². The molecule has 19 heavy (non-hydrogen) atoms. The van der Waals surface area contributed by atoms with Crippen LogP contribution in [0.2, 0.25) is 0 Å². The number of rotatable bonds is 3. The molecule has 1 aromatic rings. The van der Waals surface area contributed by atoms with Crippen LogP contribution in [0, 0.1) is 5.92 Å². The second-order valence-electron chi connectivity index (χ2n) is 5.42. The molecule has 1 aliphatic carbocycles. The Kier molecular flexibility index (Phi) is 3.89. The van der Waals surface area contributed by atoms with Crippen molar-refractivity contribution in [3.63, 3.8) is 0 Å². The second-order valence-corrected chi connectivity index (χ2v) is 5.42. The molecule has 100 valence electrons. The molecule has 0 bridgehead atoms. The van der Waals surface area contributed by atoms with Crippen molar-refractivity contribution in [1.29, 1.82) is 0 Å². The van der Waals surface area contributed by atoms with Crippen molar-refractivity contribution in [3.8, 4) is 0 Å². The fourth-order valence-electron chi connectivity index (χ4n) is 2.28. The highest BCUT2D eigenvalue weighted by molar-refractivity contribution is 5.89. The number of allylic oxidation sites excluding steroid dienone is 2. The summed E-state index contributed by atoms with van der Waals surface area (Å²) in [5.41, 5.74) is 1.26. The van der Waals surface area contributed by atoms with E-state index < -0.39 is 5.60 Å². The van der Waals surface area contributed by atoms with Crippen LogP contribution in [0.25, 0.3) is 0 Å². The van der Waals surface area contributed by atoms with Gasteiger partial charge in [-0.25, -0.2) is 4.79 Å². The Morgan fingerprint density at radius 1 is 1.37 bits per heavy atom. The molecule has 0 amide bonds. The van der Waals surface area contributed by atoms with Crippen molar-refractivity contribution in [3.05, 3.63) is 60.2 Å². The molecule has 2 nitrogen and oxygen atoms in total. The van der Waals surface area contributed by atoms with E-state index in [1.54, 1.807) is 12.1 Å². The molecule has 0 fully saturated rings. The molecule has 0 saturated heterocycles. The topological polar surface area (TPSA) is 26.3 Å². The van der Waals surface area contributed by atoms with Gasteiger partial charge in [-0.3, -0.25) is 0 Å². The third-order valence-electron chi connectivity index (χ3n) is 3.60. The maximum atomic E-state index is 12.1. The summed E-state index contributed by atoms with van der Waals surface area (Å²) in [7, 11) is 0. The largest absolute Gasteiger partial charge is 0.452 e. The summed E-state index contributed by atoms with van der Waals surface area (Å²) in [6.45, 7) is 7.97. The van der Waals surface area contributed by atoms with Gasteiger partial charge in [0.05, 0.1) is 5.56 Å². The molecule has 0 unspecified atom stereocenters. The molecular formula is C17H20O2. The third-order valence-corrected chi connectivity index (χ3v) is 3.60. The van der Waals surface area contributed by atoms with Gasteiger partial charge in [-0.05, 0) is 50.8 Å². The molecule has 0 saturated carbocycles. The summed E-state index contributed by atoms with van der Waals surface area (Å²) in [6.07, 6.45) is 5.91. The SMILES string of the molecule is C=C(C)[C@H]1C=C[C@@](C)(OC(=O)c2ccccc2)CC1. The summed E-state index contributed by atoms with van der Waals surface area (Å²) < 4.78 is 5.64. The standard InChI is InChI=1S/C17H20O2/c1-13(2)14-9-11-17(3,12-10-14)19-16(18)15-7-5-4-6-8-15/h4-9,11,14H,1,10,12H2,2-3H3/t14-,17+/m0/s1. The van der Waals surface area contributed by atoms with E-state index >= 15 is 0 Å². The van der Waals surface area contributed by atoms with Crippen LogP contribution in [0.3, 0.4) is 0 Å². The van der Waals surface area contributed by atoms with Gasteiger partial charge in [0.2, 0.25) is 0 Å². The zero-order chi connectivity index (χ0) is 13.9. The fraction of sp³-hybridized carbons (Fsp3) is 0.353. The average molecular weight is 256 g/mol. The van der Waals surface area contributed by atoms with Crippen LogP contribution in [-0.2, 0) is 4.74 Å². The average Bonchev–Trinajstić information content (AvgIpc) is 2.40. The van der Waals surface area contributed by atoms with Gasteiger partial charge in [-0.2, -0.15) is 0 Å². The molecule has 2 rings (SSSR count). The predicted octanol–water partition coefficient (Wildman–Crippen LogP) is 4.14. The van der Waals surface area contributed by atoms with Crippen LogP contribution in [0.15, 0.2) is 54.6 Å². The van der Waals surface area contributed by atoms with E-state index in [4.69, 9.17) is 4.74 Å². The molecule has 0 N–H and O–H groups in total. The summed E-state index contributed by atoms with van der Waals surface area (Å²) in [5, 5.41) is 0.